The summed E-state index contributed by atoms with van der Waals surface area (Å²) in [7, 11) is 1.90. The second-order valence-corrected chi connectivity index (χ2v) is 6.45. The van der Waals surface area contributed by atoms with Crippen molar-refractivity contribution in [1.29, 1.82) is 0 Å². The van der Waals surface area contributed by atoms with Gasteiger partial charge >= 0.3 is 0 Å². The highest BCUT2D eigenvalue weighted by Crippen LogP contribution is 2.33. The highest BCUT2D eigenvalue weighted by molar-refractivity contribution is 6.35. The second-order valence-electron chi connectivity index (χ2n) is 5.19. The highest BCUT2D eigenvalue weighted by Gasteiger charge is 2.17. The summed E-state index contributed by atoms with van der Waals surface area (Å²) < 4.78 is 13.5. The van der Waals surface area contributed by atoms with Gasteiger partial charge in [0.15, 0.2) is 0 Å². The molecule has 118 valence electrons. The fourth-order valence-corrected chi connectivity index (χ4v) is 3.24. The Morgan fingerprint density at radius 3 is 2.50 bits per heavy atom. The predicted octanol–water partition coefficient (Wildman–Crippen LogP) is 5.72. The first-order valence-corrected chi connectivity index (χ1v) is 8.18. The lowest BCUT2D eigenvalue weighted by atomic mass is 9.89. The molecule has 1 atom stereocenters. The van der Waals surface area contributed by atoms with Crippen LogP contribution in [0.5, 0.6) is 0 Å². The molecule has 0 aliphatic rings. The number of hydrogen-bond donors (Lipinski definition) is 1. The van der Waals surface area contributed by atoms with E-state index in [2.05, 4.69) is 5.32 Å². The smallest absolute Gasteiger partial charge is 0.123 e. The quantitative estimate of drug-likeness (QED) is 0.694. The summed E-state index contributed by atoms with van der Waals surface area (Å²) in [6, 6.07) is 9.92. The minimum absolute atomic E-state index is 0.136. The summed E-state index contributed by atoms with van der Waals surface area (Å²) in [5.74, 6) is -0.148. The SMILES string of the molecule is CNCCC(Cc1cc(F)ccc1Cl)c1ccc(Cl)cc1Cl. The molecular formula is C17H17Cl3FN. The van der Waals surface area contributed by atoms with E-state index in [4.69, 9.17) is 34.8 Å². The monoisotopic (exact) mass is 359 g/mol. The molecule has 0 radical (unpaired) electrons. The third-order valence-corrected chi connectivity index (χ3v) is 4.55. The molecule has 0 aliphatic heterocycles. The van der Waals surface area contributed by atoms with Crippen LogP contribution in [-0.4, -0.2) is 13.6 Å². The Morgan fingerprint density at radius 1 is 1.05 bits per heavy atom. The van der Waals surface area contributed by atoms with Gasteiger partial charge in [0.1, 0.15) is 5.82 Å². The molecular weight excluding hydrogens is 344 g/mol. The Kier molecular flexibility index (Phi) is 6.51. The van der Waals surface area contributed by atoms with Gasteiger partial charge in [-0.3, -0.25) is 0 Å². The lowest BCUT2D eigenvalue weighted by Crippen LogP contribution is -2.14. The van der Waals surface area contributed by atoms with Gasteiger partial charge in [-0.2, -0.15) is 0 Å². The first kappa shape index (κ1) is 17.6. The minimum Gasteiger partial charge on any atom is -0.320 e. The average molecular weight is 361 g/mol. The van der Waals surface area contributed by atoms with Gasteiger partial charge < -0.3 is 5.32 Å². The van der Waals surface area contributed by atoms with Crippen molar-refractivity contribution in [3.63, 3.8) is 0 Å². The molecule has 2 rings (SSSR count). The van der Waals surface area contributed by atoms with Crippen molar-refractivity contribution in [1.82, 2.24) is 5.32 Å². The summed E-state index contributed by atoms with van der Waals surface area (Å²) >= 11 is 18.5. The van der Waals surface area contributed by atoms with Crippen LogP contribution in [0.15, 0.2) is 36.4 Å². The third kappa shape index (κ3) is 4.60. The summed E-state index contributed by atoms with van der Waals surface area (Å²) in [4.78, 5) is 0. The Balaban J connectivity index is 2.31. The fraction of sp³-hybridized carbons (Fsp3) is 0.294. The predicted molar refractivity (Wildman–Crippen MR) is 92.9 cm³/mol. The maximum Gasteiger partial charge on any atom is 0.123 e. The molecule has 0 saturated heterocycles. The van der Waals surface area contributed by atoms with Crippen molar-refractivity contribution < 1.29 is 4.39 Å². The van der Waals surface area contributed by atoms with Crippen LogP contribution in [0, 0.1) is 5.82 Å². The van der Waals surface area contributed by atoms with Crippen LogP contribution in [0.4, 0.5) is 4.39 Å². The molecule has 22 heavy (non-hydrogen) atoms. The molecule has 1 unspecified atom stereocenters. The molecule has 1 nitrogen and oxygen atoms in total. The van der Waals surface area contributed by atoms with Gasteiger partial charge in [-0.05, 0) is 73.8 Å². The van der Waals surface area contributed by atoms with Crippen molar-refractivity contribution in [3.05, 3.63) is 68.4 Å². The van der Waals surface area contributed by atoms with Gasteiger partial charge in [-0.25, -0.2) is 4.39 Å². The first-order chi connectivity index (χ1) is 10.5. The molecule has 0 amide bonds. The number of hydrogen-bond acceptors (Lipinski definition) is 1. The van der Waals surface area contributed by atoms with Crippen molar-refractivity contribution in [2.45, 2.75) is 18.8 Å². The Hall–Kier alpha value is -0.800. The van der Waals surface area contributed by atoms with Crippen LogP contribution in [0.3, 0.4) is 0 Å². The highest BCUT2D eigenvalue weighted by atomic mass is 35.5. The zero-order valence-electron chi connectivity index (χ0n) is 12.2. The molecule has 2 aromatic carbocycles. The topological polar surface area (TPSA) is 12.0 Å². The van der Waals surface area contributed by atoms with Crippen molar-refractivity contribution in [2.24, 2.45) is 0 Å². The van der Waals surface area contributed by atoms with E-state index in [0.29, 0.717) is 21.5 Å². The van der Waals surface area contributed by atoms with E-state index in [1.165, 1.54) is 12.1 Å². The van der Waals surface area contributed by atoms with Crippen LogP contribution in [0.25, 0.3) is 0 Å². The zero-order valence-corrected chi connectivity index (χ0v) is 14.4. The molecule has 0 heterocycles. The van der Waals surface area contributed by atoms with Gasteiger partial charge in [0, 0.05) is 15.1 Å². The molecule has 0 aromatic heterocycles. The van der Waals surface area contributed by atoms with E-state index in [1.54, 1.807) is 12.1 Å². The first-order valence-electron chi connectivity index (χ1n) is 7.04. The number of halogens is 4. The van der Waals surface area contributed by atoms with Crippen molar-refractivity contribution in [3.8, 4) is 0 Å². The van der Waals surface area contributed by atoms with Crippen molar-refractivity contribution in [2.75, 3.05) is 13.6 Å². The molecule has 0 saturated carbocycles. The van der Waals surface area contributed by atoms with Gasteiger partial charge in [-0.1, -0.05) is 40.9 Å². The lowest BCUT2D eigenvalue weighted by Gasteiger charge is -2.20. The largest absolute Gasteiger partial charge is 0.320 e. The van der Waals surface area contributed by atoms with Crippen LogP contribution < -0.4 is 5.32 Å². The third-order valence-electron chi connectivity index (χ3n) is 3.62. The van der Waals surface area contributed by atoms with E-state index in [9.17, 15) is 4.39 Å². The van der Waals surface area contributed by atoms with Crippen molar-refractivity contribution >= 4 is 34.8 Å². The number of benzene rings is 2. The van der Waals surface area contributed by atoms with Crippen LogP contribution in [0.2, 0.25) is 15.1 Å². The standard InChI is InChI=1S/C17H17Cl3FN/c1-22-7-6-11(15-4-2-13(18)10-17(15)20)8-12-9-14(21)3-5-16(12)19/h2-5,9-11,22H,6-8H2,1H3. The number of nitrogens with one attached hydrogen (secondary N) is 1. The minimum atomic E-state index is -0.283. The summed E-state index contributed by atoms with van der Waals surface area (Å²) in [5, 5.41) is 4.93. The van der Waals surface area contributed by atoms with Crippen LogP contribution >= 0.6 is 34.8 Å². The van der Waals surface area contributed by atoms with E-state index < -0.39 is 0 Å². The van der Waals surface area contributed by atoms with Crippen LogP contribution in [-0.2, 0) is 6.42 Å². The van der Waals surface area contributed by atoms with E-state index >= 15 is 0 Å². The van der Waals surface area contributed by atoms with Crippen LogP contribution in [0.1, 0.15) is 23.5 Å². The van der Waals surface area contributed by atoms with E-state index in [-0.39, 0.29) is 11.7 Å². The Labute approximate surface area is 145 Å². The fourth-order valence-electron chi connectivity index (χ4n) is 2.48. The molecule has 1 N–H and O–H groups in total. The molecule has 2 aromatic rings. The zero-order chi connectivity index (χ0) is 16.1. The van der Waals surface area contributed by atoms with E-state index in [0.717, 1.165) is 24.1 Å². The normalized spacial score (nSPS) is 12.4. The summed E-state index contributed by atoms with van der Waals surface area (Å²) in [5.41, 5.74) is 1.79. The molecule has 0 aliphatic carbocycles. The Bertz CT molecular complexity index is 646. The maximum absolute atomic E-state index is 13.5. The lowest BCUT2D eigenvalue weighted by molar-refractivity contribution is 0.587. The van der Waals surface area contributed by atoms with Gasteiger partial charge in [0.2, 0.25) is 0 Å². The average Bonchev–Trinajstić information content (AvgIpc) is 2.47. The Morgan fingerprint density at radius 2 is 1.82 bits per heavy atom. The van der Waals surface area contributed by atoms with Gasteiger partial charge in [0.25, 0.3) is 0 Å². The summed E-state index contributed by atoms with van der Waals surface area (Å²) in [6.07, 6.45) is 1.49. The van der Waals surface area contributed by atoms with E-state index in [1.807, 2.05) is 19.2 Å². The molecule has 0 spiro atoms. The second kappa shape index (κ2) is 8.16. The molecule has 5 heteroatoms. The number of rotatable bonds is 6. The van der Waals surface area contributed by atoms with Gasteiger partial charge in [0.05, 0.1) is 0 Å². The molecule has 0 fully saturated rings. The summed E-state index contributed by atoms with van der Waals surface area (Å²) in [6.45, 7) is 0.830. The molecule has 0 bridgehead atoms. The maximum atomic E-state index is 13.5. The van der Waals surface area contributed by atoms with Gasteiger partial charge in [-0.15, -0.1) is 0 Å².